The molecule has 20 heavy (non-hydrogen) atoms. The minimum absolute atomic E-state index is 0.0235. The Labute approximate surface area is 115 Å². The van der Waals surface area contributed by atoms with E-state index in [0.717, 1.165) is 6.07 Å². The molecule has 1 aliphatic rings. The molecule has 0 bridgehead atoms. The lowest BCUT2D eigenvalue weighted by molar-refractivity contribution is -0.145. The SMILES string of the molecule is O=C(O)C1CCN(C(=O)Cc2cccc(F)c2F)CC1. The van der Waals surface area contributed by atoms with Gasteiger partial charge in [-0.15, -0.1) is 0 Å². The van der Waals surface area contributed by atoms with Crippen LogP contribution in [-0.2, 0) is 16.0 Å². The monoisotopic (exact) mass is 283 g/mol. The number of nitrogens with zero attached hydrogens (tertiary/aromatic N) is 1. The number of likely N-dealkylation sites (tertiary alicyclic amines) is 1. The molecule has 0 spiro atoms. The van der Waals surface area contributed by atoms with Crippen molar-refractivity contribution in [3.8, 4) is 0 Å². The predicted molar refractivity (Wildman–Crippen MR) is 67.0 cm³/mol. The summed E-state index contributed by atoms with van der Waals surface area (Å²) in [4.78, 5) is 24.3. The van der Waals surface area contributed by atoms with Gasteiger partial charge >= 0.3 is 5.97 Å². The van der Waals surface area contributed by atoms with E-state index in [4.69, 9.17) is 5.11 Å². The molecule has 2 rings (SSSR count). The first-order chi connectivity index (χ1) is 9.49. The van der Waals surface area contributed by atoms with Crippen molar-refractivity contribution in [2.24, 2.45) is 5.92 Å². The van der Waals surface area contributed by atoms with Crippen molar-refractivity contribution in [2.45, 2.75) is 19.3 Å². The van der Waals surface area contributed by atoms with Crippen LogP contribution in [-0.4, -0.2) is 35.0 Å². The Hall–Kier alpha value is -1.98. The van der Waals surface area contributed by atoms with Gasteiger partial charge in [0.05, 0.1) is 12.3 Å². The van der Waals surface area contributed by atoms with Crippen molar-refractivity contribution in [2.75, 3.05) is 13.1 Å². The maximum atomic E-state index is 13.5. The van der Waals surface area contributed by atoms with E-state index in [-0.39, 0.29) is 17.9 Å². The summed E-state index contributed by atoms with van der Waals surface area (Å²) in [6.45, 7) is 0.680. The molecule has 0 aromatic heterocycles. The second kappa shape index (κ2) is 5.98. The smallest absolute Gasteiger partial charge is 0.306 e. The number of carbonyl (C=O) groups is 2. The number of benzene rings is 1. The Morgan fingerprint density at radius 1 is 1.25 bits per heavy atom. The standard InChI is InChI=1S/C14H15F2NO3/c15-11-3-1-2-10(13(11)16)8-12(18)17-6-4-9(5-7-17)14(19)20/h1-3,9H,4-8H2,(H,19,20). The number of carboxylic acids is 1. The van der Waals surface area contributed by atoms with Crippen molar-refractivity contribution >= 4 is 11.9 Å². The molecule has 1 aliphatic heterocycles. The van der Waals surface area contributed by atoms with Gasteiger partial charge in [-0.1, -0.05) is 12.1 Å². The Morgan fingerprint density at radius 3 is 2.50 bits per heavy atom. The molecule has 1 amide bonds. The van der Waals surface area contributed by atoms with E-state index >= 15 is 0 Å². The van der Waals surface area contributed by atoms with Gasteiger partial charge in [0.15, 0.2) is 11.6 Å². The lowest BCUT2D eigenvalue weighted by Gasteiger charge is -2.30. The molecule has 1 saturated heterocycles. The maximum absolute atomic E-state index is 13.5. The molecular formula is C14H15F2NO3. The second-order valence-corrected chi connectivity index (χ2v) is 4.88. The summed E-state index contributed by atoms with van der Waals surface area (Å²) in [7, 11) is 0. The van der Waals surface area contributed by atoms with E-state index in [0.29, 0.717) is 25.9 Å². The van der Waals surface area contributed by atoms with Crippen molar-refractivity contribution in [1.29, 1.82) is 0 Å². The van der Waals surface area contributed by atoms with Crippen LogP contribution in [0.5, 0.6) is 0 Å². The number of halogens is 2. The summed E-state index contributed by atoms with van der Waals surface area (Å²) >= 11 is 0. The highest BCUT2D eigenvalue weighted by molar-refractivity contribution is 5.79. The first-order valence-electron chi connectivity index (χ1n) is 6.42. The number of piperidine rings is 1. The van der Waals surface area contributed by atoms with Gasteiger partial charge in [-0.2, -0.15) is 0 Å². The molecule has 0 atom stereocenters. The number of carboxylic acid groups (broad SMARTS) is 1. The topological polar surface area (TPSA) is 57.6 Å². The quantitative estimate of drug-likeness (QED) is 0.920. The van der Waals surface area contributed by atoms with E-state index in [1.807, 2.05) is 0 Å². The van der Waals surface area contributed by atoms with Gasteiger partial charge in [0.1, 0.15) is 0 Å². The van der Waals surface area contributed by atoms with Crippen LogP contribution >= 0.6 is 0 Å². The molecule has 1 aromatic rings. The summed E-state index contributed by atoms with van der Waals surface area (Å²) in [5.41, 5.74) is 0.0235. The molecule has 1 N–H and O–H groups in total. The third kappa shape index (κ3) is 3.12. The number of hydrogen-bond acceptors (Lipinski definition) is 2. The summed E-state index contributed by atoms with van der Waals surface area (Å²) < 4.78 is 26.5. The van der Waals surface area contributed by atoms with Crippen LogP contribution in [0, 0.1) is 17.6 Å². The molecule has 1 fully saturated rings. The summed E-state index contributed by atoms with van der Waals surface area (Å²) in [5.74, 6) is -3.56. The van der Waals surface area contributed by atoms with Gasteiger partial charge in [-0.25, -0.2) is 8.78 Å². The van der Waals surface area contributed by atoms with Gasteiger partial charge in [-0.05, 0) is 18.9 Å². The van der Waals surface area contributed by atoms with E-state index in [2.05, 4.69) is 0 Å². The Kier molecular flexibility index (Phi) is 4.32. The van der Waals surface area contributed by atoms with Crippen LogP contribution in [0.15, 0.2) is 18.2 Å². The summed E-state index contributed by atoms with van der Waals surface area (Å²) in [6.07, 6.45) is 0.584. The summed E-state index contributed by atoms with van der Waals surface area (Å²) in [6, 6.07) is 3.74. The largest absolute Gasteiger partial charge is 0.481 e. The number of aliphatic carboxylic acids is 1. The maximum Gasteiger partial charge on any atom is 0.306 e. The molecule has 0 aliphatic carbocycles. The van der Waals surface area contributed by atoms with Crippen molar-refractivity contribution < 1.29 is 23.5 Å². The zero-order valence-electron chi connectivity index (χ0n) is 10.8. The van der Waals surface area contributed by atoms with Crippen LogP contribution in [0.2, 0.25) is 0 Å². The average Bonchev–Trinajstić information content (AvgIpc) is 2.44. The number of rotatable bonds is 3. The van der Waals surface area contributed by atoms with Crippen LogP contribution in [0.25, 0.3) is 0 Å². The molecule has 0 saturated carbocycles. The van der Waals surface area contributed by atoms with Gasteiger partial charge in [0.25, 0.3) is 0 Å². The lowest BCUT2D eigenvalue weighted by Crippen LogP contribution is -2.41. The molecule has 4 nitrogen and oxygen atoms in total. The highest BCUT2D eigenvalue weighted by Crippen LogP contribution is 2.19. The zero-order valence-corrected chi connectivity index (χ0v) is 10.8. The van der Waals surface area contributed by atoms with E-state index in [1.165, 1.54) is 17.0 Å². The summed E-state index contributed by atoms with van der Waals surface area (Å²) in [5, 5.41) is 8.87. The average molecular weight is 283 g/mol. The third-order valence-electron chi connectivity index (χ3n) is 3.57. The minimum atomic E-state index is -0.999. The first-order valence-corrected chi connectivity index (χ1v) is 6.42. The molecule has 1 heterocycles. The Balaban J connectivity index is 1.96. The van der Waals surface area contributed by atoms with Gasteiger partial charge < -0.3 is 10.0 Å². The fourth-order valence-electron chi connectivity index (χ4n) is 2.34. The molecule has 0 unspecified atom stereocenters. The van der Waals surface area contributed by atoms with E-state index in [1.54, 1.807) is 0 Å². The molecule has 0 radical (unpaired) electrons. The van der Waals surface area contributed by atoms with Gasteiger partial charge in [-0.3, -0.25) is 9.59 Å². The highest BCUT2D eigenvalue weighted by Gasteiger charge is 2.27. The lowest BCUT2D eigenvalue weighted by atomic mass is 9.96. The minimum Gasteiger partial charge on any atom is -0.481 e. The van der Waals surface area contributed by atoms with E-state index < -0.39 is 23.5 Å². The van der Waals surface area contributed by atoms with E-state index in [9.17, 15) is 18.4 Å². The van der Waals surface area contributed by atoms with Crippen LogP contribution < -0.4 is 0 Å². The molecular weight excluding hydrogens is 268 g/mol. The second-order valence-electron chi connectivity index (χ2n) is 4.88. The Bertz CT molecular complexity index is 525. The molecule has 6 heteroatoms. The first kappa shape index (κ1) is 14.4. The van der Waals surface area contributed by atoms with Gasteiger partial charge in [0.2, 0.25) is 5.91 Å². The fourth-order valence-corrected chi connectivity index (χ4v) is 2.34. The Morgan fingerprint density at radius 2 is 1.90 bits per heavy atom. The number of carbonyl (C=O) groups excluding carboxylic acids is 1. The zero-order chi connectivity index (χ0) is 14.7. The highest BCUT2D eigenvalue weighted by atomic mass is 19.2. The molecule has 1 aromatic carbocycles. The normalized spacial score (nSPS) is 16.2. The van der Waals surface area contributed by atoms with Crippen molar-refractivity contribution in [3.63, 3.8) is 0 Å². The number of amides is 1. The van der Waals surface area contributed by atoms with Gasteiger partial charge in [0, 0.05) is 18.7 Å². The van der Waals surface area contributed by atoms with Crippen LogP contribution in [0.4, 0.5) is 8.78 Å². The van der Waals surface area contributed by atoms with Crippen molar-refractivity contribution in [3.05, 3.63) is 35.4 Å². The predicted octanol–water partition coefficient (Wildman–Crippen LogP) is 1.83. The molecule has 108 valence electrons. The van der Waals surface area contributed by atoms with Crippen molar-refractivity contribution in [1.82, 2.24) is 4.90 Å². The third-order valence-corrected chi connectivity index (χ3v) is 3.57. The fraction of sp³-hybridized carbons (Fsp3) is 0.429. The van der Waals surface area contributed by atoms with Crippen LogP contribution in [0.3, 0.4) is 0 Å². The number of hydrogen-bond donors (Lipinski definition) is 1. The van der Waals surface area contributed by atoms with Crippen LogP contribution in [0.1, 0.15) is 18.4 Å².